The third-order valence-corrected chi connectivity index (χ3v) is 3.07. The quantitative estimate of drug-likeness (QED) is 0.641. The summed E-state index contributed by atoms with van der Waals surface area (Å²) in [7, 11) is 3.72. The molecule has 0 bridgehead atoms. The molecule has 4 nitrogen and oxygen atoms in total. The molecule has 19 heavy (non-hydrogen) atoms. The second-order valence-electron chi connectivity index (χ2n) is 4.18. The lowest BCUT2D eigenvalue weighted by Gasteiger charge is -2.11. The van der Waals surface area contributed by atoms with Gasteiger partial charge in [0.2, 0.25) is 0 Å². The number of halogens is 1. The first-order chi connectivity index (χ1) is 9.09. The Morgan fingerprint density at radius 3 is 2.79 bits per heavy atom. The molecule has 2 aromatic heterocycles. The lowest BCUT2D eigenvalue weighted by molar-refractivity contribution is 0.105. The molecule has 0 unspecified atom stereocenters. The molecule has 0 saturated heterocycles. The maximum atomic E-state index is 12.5. The topological polar surface area (TPSA) is 46.3 Å². The molecule has 0 aliphatic rings. The van der Waals surface area contributed by atoms with Crippen molar-refractivity contribution in [2.75, 3.05) is 14.1 Å². The van der Waals surface area contributed by atoms with E-state index in [0.29, 0.717) is 16.8 Å². The van der Waals surface area contributed by atoms with Gasteiger partial charge in [-0.25, -0.2) is 0 Å². The molecule has 0 aliphatic carbocycles. The number of furan rings is 1. The Balaban J connectivity index is 2.49. The van der Waals surface area contributed by atoms with Gasteiger partial charge in [0.15, 0.2) is 5.78 Å². The van der Waals surface area contributed by atoms with Crippen LogP contribution in [-0.4, -0.2) is 29.8 Å². The summed E-state index contributed by atoms with van der Waals surface area (Å²) in [4.78, 5) is 18.6. The van der Waals surface area contributed by atoms with E-state index in [1.165, 1.54) is 12.5 Å². The van der Waals surface area contributed by atoms with Gasteiger partial charge in [-0.2, -0.15) is 0 Å². The Morgan fingerprint density at radius 1 is 1.42 bits per heavy atom. The van der Waals surface area contributed by atoms with E-state index in [4.69, 9.17) is 4.42 Å². The van der Waals surface area contributed by atoms with Crippen LogP contribution in [0.25, 0.3) is 5.57 Å². The van der Waals surface area contributed by atoms with Crippen LogP contribution in [-0.2, 0) is 0 Å². The number of ketones is 1. The monoisotopic (exact) mass is 320 g/mol. The van der Waals surface area contributed by atoms with Gasteiger partial charge in [-0.1, -0.05) is 0 Å². The van der Waals surface area contributed by atoms with Crippen LogP contribution in [0.5, 0.6) is 0 Å². The summed E-state index contributed by atoms with van der Waals surface area (Å²) in [6.07, 6.45) is 6.32. The summed E-state index contributed by atoms with van der Waals surface area (Å²) >= 11 is 3.42. The minimum absolute atomic E-state index is 0.123. The molecule has 98 valence electrons. The molecule has 0 aromatic carbocycles. The van der Waals surface area contributed by atoms with Crippen LogP contribution in [0.4, 0.5) is 0 Å². The Labute approximate surface area is 119 Å². The summed E-state index contributed by atoms with van der Waals surface area (Å²) < 4.78 is 5.74. The van der Waals surface area contributed by atoms with Crippen molar-refractivity contribution in [2.24, 2.45) is 0 Å². The zero-order valence-electron chi connectivity index (χ0n) is 10.6. The Bertz CT molecular complexity index is 604. The fourth-order valence-corrected chi connectivity index (χ4v) is 2.09. The van der Waals surface area contributed by atoms with Gasteiger partial charge in [0, 0.05) is 31.0 Å². The molecule has 2 heterocycles. The zero-order valence-corrected chi connectivity index (χ0v) is 12.2. The molecule has 0 fully saturated rings. The first-order valence-corrected chi connectivity index (χ1v) is 6.45. The lowest BCUT2D eigenvalue weighted by atomic mass is 10.0. The minimum Gasteiger partial charge on any atom is -0.472 e. The second kappa shape index (κ2) is 5.84. The smallest absolute Gasteiger partial charge is 0.199 e. The van der Waals surface area contributed by atoms with Crippen molar-refractivity contribution >= 4 is 27.3 Å². The van der Waals surface area contributed by atoms with E-state index in [2.05, 4.69) is 20.9 Å². The SMILES string of the molecule is CN(C)C=C(C(=O)c1ccoc1)c1ncccc1Br. The molecule has 0 aliphatic heterocycles. The minimum atomic E-state index is -0.123. The third kappa shape index (κ3) is 3.12. The van der Waals surface area contributed by atoms with Gasteiger partial charge in [0.25, 0.3) is 0 Å². The highest BCUT2D eigenvalue weighted by atomic mass is 79.9. The van der Waals surface area contributed by atoms with Crippen LogP contribution in [0.15, 0.2) is 52.0 Å². The zero-order chi connectivity index (χ0) is 13.8. The number of Topliss-reactive ketones (excluding diaryl/α,β-unsaturated/α-hetero) is 1. The Morgan fingerprint density at radius 2 is 2.21 bits per heavy atom. The predicted molar refractivity (Wildman–Crippen MR) is 76.6 cm³/mol. The lowest BCUT2D eigenvalue weighted by Crippen LogP contribution is -2.10. The molecule has 5 heteroatoms. The van der Waals surface area contributed by atoms with Crippen molar-refractivity contribution in [1.82, 2.24) is 9.88 Å². The third-order valence-electron chi connectivity index (χ3n) is 2.43. The summed E-state index contributed by atoms with van der Waals surface area (Å²) in [6.45, 7) is 0. The van der Waals surface area contributed by atoms with Crippen LogP contribution < -0.4 is 0 Å². The molecule has 0 amide bonds. The first kappa shape index (κ1) is 13.5. The second-order valence-corrected chi connectivity index (χ2v) is 5.04. The highest BCUT2D eigenvalue weighted by Gasteiger charge is 2.19. The van der Waals surface area contributed by atoms with Crippen molar-refractivity contribution in [3.63, 3.8) is 0 Å². The van der Waals surface area contributed by atoms with Gasteiger partial charge in [-0.15, -0.1) is 0 Å². The van der Waals surface area contributed by atoms with Gasteiger partial charge < -0.3 is 9.32 Å². The van der Waals surface area contributed by atoms with Gasteiger partial charge in [-0.3, -0.25) is 9.78 Å². The van der Waals surface area contributed by atoms with E-state index in [0.717, 1.165) is 4.47 Å². The number of carbonyl (C=O) groups is 1. The van der Waals surface area contributed by atoms with E-state index < -0.39 is 0 Å². The maximum absolute atomic E-state index is 12.5. The number of hydrogen-bond donors (Lipinski definition) is 0. The fourth-order valence-electron chi connectivity index (χ4n) is 1.62. The highest BCUT2D eigenvalue weighted by Crippen LogP contribution is 2.25. The number of rotatable bonds is 4. The van der Waals surface area contributed by atoms with Crippen LogP contribution in [0.1, 0.15) is 16.1 Å². The molecule has 0 atom stereocenters. The number of nitrogens with zero attached hydrogens (tertiary/aromatic N) is 2. The highest BCUT2D eigenvalue weighted by molar-refractivity contribution is 9.10. The van der Waals surface area contributed by atoms with E-state index >= 15 is 0 Å². The molecule has 0 spiro atoms. The van der Waals surface area contributed by atoms with Gasteiger partial charge >= 0.3 is 0 Å². The maximum Gasteiger partial charge on any atom is 0.199 e. The van der Waals surface area contributed by atoms with Gasteiger partial charge in [-0.05, 0) is 34.1 Å². The Hall–Kier alpha value is -1.88. The standard InChI is InChI=1S/C14H13BrN2O2/c1-17(2)8-11(13-12(15)4-3-6-16-13)14(18)10-5-7-19-9-10/h3-9H,1-2H3. The first-order valence-electron chi connectivity index (χ1n) is 5.65. The number of allylic oxidation sites excluding steroid dienone is 1. The molecule has 0 radical (unpaired) electrons. The van der Waals surface area contributed by atoms with Gasteiger partial charge in [0.1, 0.15) is 6.26 Å². The van der Waals surface area contributed by atoms with Crippen molar-refractivity contribution in [3.05, 3.63) is 58.9 Å². The number of aromatic nitrogens is 1. The molecule has 0 N–H and O–H groups in total. The van der Waals surface area contributed by atoms with E-state index in [1.807, 2.05) is 31.1 Å². The van der Waals surface area contributed by atoms with Crippen molar-refractivity contribution in [3.8, 4) is 0 Å². The molecular weight excluding hydrogens is 308 g/mol. The number of hydrogen-bond acceptors (Lipinski definition) is 4. The summed E-state index contributed by atoms with van der Waals surface area (Å²) in [5.41, 5.74) is 1.63. The molecule has 2 aromatic rings. The summed E-state index contributed by atoms with van der Waals surface area (Å²) in [5.74, 6) is -0.123. The van der Waals surface area contributed by atoms with Crippen molar-refractivity contribution < 1.29 is 9.21 Å². The van der Waals surface area contributed by atoms with Crippen molar-refractivity contribution in [1.29, 1.82) is 0 Å². The summed E-state index contributed by atoms with van der Waals surface area (Å²) in [6, 6.07) is 5.31. The molecular formula is C14H13BrN2O2. The average Bonchev–Trinajstić information content (AvgIpc) is 2.90. The van der Waals surface area contributed by atoms with Crippen LogP contribution in [0.3, 0.4) is 0 Å². The molecule has 0 saturated carbocycles. The molecule has 2 rings (SSSR count). The van der Waals surface area contributed by atoms with E-state index in [9.17, 15) is 4.79 Å². The van der Waals surface area contributed by atoms with Crippen molar-refractivity contribution in [2.45, 2.75) is 0 Å². The number of carbonyl (C=O) groups excluding carboxylic acids is 1. The average molecular weight is 321 g/mol. The number of pyridine rings is 1. The van der Waals surface area contributed by atoms with Crippen LogP contribution >= 0.6 is 15.9 Å². The largest absolute Gasteiger partial charge is 0.472 e. The van der Waals surface area contributed by atoms with Crippen LogP contribution in [0.2, 0.25) is 0 Å². The summed E-state index contributed by atoms with van der Waals surface area (Å²) in [5, 5.41) is 0. The van der Waals surface area contributed by atoms with Crippen LogP contribution in [0, 0.1) is 0 Å². The normalized spacial score (nSPS) is 11.4. The van der Waals surface area contributed by atoms with Gasteiger partial charge in [0.05, 0.1) is 23.1 Å². The van der Waals surface area contributed by atoms with E-state index in [-0.39, 0.29) is 5.78 Å². The fraction of sp³-hybridized carbons (Fsp3) is 0.143. The Kier molecular flexibility index (Phi) is 4.16. The predicted octanol–water partition coefficient (Wildman–Crippen LogP) is 3.22. The van der Waals surface area contributed by atoms with E-state index in [1.54, 1.807) is 18.5 Å².